The molecule has 0 N–H and O–H groups in total. The summed E-state index contributed by atoms with van der Waals surface area (Å²) in [6.07, 6.45) is 4.32. The normalized spacial score (nSPS) is 12.6. The van der Waals surface area contributed by atoms with Gasteiger partial charge in [0.1, 0.15) is 11.2 Å². The quantitative estimate of drug-likeness (QED) is 0.115. The molecule has 0 aliphatic carbocycles. The van der Waals surface area contributed by atoms with Gasteiger partial charge in [0.2, 0.25) is 0 Å². The Hall–Kier alpha value is -2.77. The summed E-state index contributed by atoms with van der Waals surface area (Å²) in [5.74, 6) is 0. The van der Waals surface area contributed by atoms with E-state index in [1.807, 2.05) is 0 Å². The lowest BCUT2D eigenvalue weighted by Gasteiger charge is -2.35. The molecule has 4 aromatic carbocycles. The van der Waals surface area contributed by atoms with Crippen LogP contribution in [-0.4, -0.2) is 19.5 Å². The molecule has 2 nitrogen and oxygen atoms in total. The fraction of sp³-hybridized carbons (Fsp3) is 0.294. The summed E-state index contributed by atoms with van der Waals surface area (Å²) in [4.78, 5) is 0. The highest BCUT2D eigenvalue weighted by molar-refractivity contribution is 6.28. The van der Waals surface area contributed by atoms with Crippen LogP contribution in [0.1, 0.15) is 61.8 Å². The molecule has 0 saturated carbocycles. The van der Waals surface area contributed by atoms with E-state index < -0.39 is 19.5 Å². The largest absolute Gasteiger partial charge is 0.410 e. The van der Waals surface area contributed by atoms with E-state index in [1.54, 1.807) is 0 Å². The zero-order valence-electron chi connectivity index (χ0n) is 23.0. The number of unbranched alkanes of at least 4 members (excludes halogenated alkanes) is 1. The standard InChI is InChI=1S/C34H42O2Si2/c1-3-33(29-19-9-5-10-20-29,30-21-11-6-12-22-30)35-37-27-17-18-28-38-36-34(4-2,31-23-13-7-14-24-31)32-25-15-8-16-26-32/h5-16,19-26H,3-4,17-18,27-28,37-38H2,1-2H3. The first-order chi connectivity index (χ1) is 18.7. The molecule has 4 aromatic rings. The molecule has 0 radical (unpaired) electrons. The van der Waals surface area contributed by atoms with Crippen LogP contribution in [0.2, 0.25) is 12.1 Å². The van der Waals surface area contributed by atoms with Gasteiger partial charge in [-0.15, -0.1) is 0 Å². The Labute approximate surface area is 234 Å². The second-order valence-corrected chi connectivity index (χ2v) is 12.7. The summed E-state index contributed by atoms with van der Waals surface area (Å²) >= 11 is 0. The Morgan fingerprint density at radius 1 is 0.447 bits per heavy atom. The van der Waals surface area contributed by atoms with Crippen molar-refractivity contribution in [3.8, 4) is 0 Å². The average Bonchev–Trinajstić information content (AvgIpc) is 3.00. The summed E-state index contributed by atoms with van der Waals surface area (Å²) in [6.45, 7) is 4.49. The predicted molar refractivity (Wildman–Crippen MR) is 166 cm³/mol. The first kappa shape index (κ1) is 28.2. The van der Waals surface area contributed by atoms with Crippen LogP contribution in [0, 0.1) is 0 Å². The Morgan fingerprint density at radius 2 is 0.711 bits per heavy atom. The van der Waals surface area contributed by atoms with E-state index in [0.717, 1.165) is 12.8 Å². The molecule has 0 aromatic heterocycles. The van der Waals surface area contributed by atoms with Gasteiger partial charge in [-0.3, -0.25) is 0 Å². The summed E-state index contributed by atoms with van der Waals surface area (Å²) in [7, 11) is -1.33. The number of benzene rings is 4. The van der Waals surface area contributed by atoms with Gasteiger partial charge in [-0.05, 0) is 47.2 Å². The molecule has 0 spiro atoms. The molecule has 4 heteroatoms. The fourth-order valence-electron chi connectivity index (χ4n) is 5.57. The summed E-state index contributed by atoms with van der Waals surface area (Å²) in [6, 6.07) is 45.5. The van der Waals surface area contributed by atoms with Crippen LogP contribution in [0.4, 0.5) is 0 Å². The van der Waals surface area contributed by atoms with Crippen LogP contribution in [0.25, 0.3) is 0 Å². The number of rotatable bonds is 15. The van der Waals surface area contributed by atoms with Crippen LogP contribution in [0.15, 0.2) is 121 Å². The van der Waals surface area contributed by atoms with Crippen molar-refractivity contribution in [3.05, 3.63) is 144 Å². The minimum atomic E-state index is -0.666. The highest BCUT2D eigenvalue weighted by Crippen LogP contribution is 2.38. The van der Waals surface area contributed by atoms with E-state index >= 15 is 0 Å². The maximum absolute atomic E-state index is 6.86. The molecule has 0 unspecified atom stereocenters. The summed E-state index contributed by atoms with van der Waals surface area (Å²) in [5, 5.41) is 0. The van der Waals surface area contributed by atoms with Crippen LogP contribution in [0.5, 0.6) is 0 Å². The first-order valence-electron chi connectivity index (χ1n) is 14.2. The molecule has 0 aliphatic heterocycles. The molecule has 4 rings (SSSR count). The van der Waals surface area contributed by atoms with Crippen molar-refractivity contribution in [2.75, 3.05) is 0 Å². The van der Waals surface area contributed by atoms with E-state index in [0.29, 0.717) is 0 Å². The van der Waals surface area contributed by atoms with E-state index in [4.69, 9.17) is 8.85 Å². The second kappa shape index (κ2) is 14.4. The first-order valence-corrected chi connectivity index (χ1v) is 17.4. The fourth-order valence-corrected chi connectivity index (χ4v) is 8.74. The Morgan fingerprint density at radius 3 is 0.947 bits per heavy atom. The zero-order chi connectivity index (χ0) is 26.5. The Balaban J connectivity index is 1.31. The molecule has 0 atom stereocenters. The molecule has 0 aliphatic rings. The molecule has 0 amide bonds. The average molecular weight is 539 g/mol. The van der Waals surface area contributed by atoms with Gasteiger partial charge in [0.25, 0.3) is 0 Å². The molecule has 0 saturated heterocycles. The molecule has 0 bridgehead atoms. The maximum atomic E-state index is 6.86. The van der Waals surface area contributed by atoms with Gasteiger partial charge >= 0.3 is 0 Å². The third kappa shape index (κ3) is 6.62. The summed E-state index contributed by atoms with van der Waals surface area (Å²) in [5.41, 5.74) is 4.39. The van der Waals surface area contributed by atoms with Crippen molar-refractivity contribution in [2.24, 2.45) is 0 Å². The molecular weight excluding hydrogens is 497 g/mol. The predicted octanol–water partition coefficient (Wildman–Crippen LogP) is 7.51. The van der Waals surface area contributed by atoms with Crippen LogP contribution in [-0.2, 0) is 20.1 Å². The maximum Gasteiger partial charge on any atom is 0.163 e. The topological polar surface area (TPSA) is 18.5 Å². The van der Waals surface area contributed by atoms with Crippen molar-refractivity contribution in [2.45, 2.75) is 62.8 Å². The van der Waals surface area contributed by atoms with E-state index in [1.165, 1.54) is 47.2 Å². The van der Waals surface area contributed by atoms with E-state index in [-0.39, 0.29) is 11.2 Å². The minimum absolute atomic E-state index is 0.335. The molecule has 198 valence electrons. The van der Waals surface area contributed by atoms with Crippen molar-refractivity contribution in [3.63, 3.8) is 0 Å². The highest BCUT2D eigenvalue weighted by Gasteiger charge is 2.33. The van der Waals surface area contributed by atoms with E-state index in [2.05, 4.69) is 135 Å². The van der Waals surface area contributed by atoms with Crippen molar-refractivity contribution >= 4 is 19.5 Å². The van der Waals surface area contributed by atoms with Gasteiger partial charge < -0.3 is 8.85 Å². The Kier molecular flexibility index (Phi) is 10.7. The molecular formula is C34H42O2Si2. The van der Waals surface area contributed by atoms with E-state index in [9.17, 15) is 0 Å². The smallest absolute Gasteiger partial charge is 0.163 e. The molecule has 0 heterocycles. The number of hydrogen-bond donors (Lipinski definition) is 0. The van der Waals surface area contributed by atoms with Crippen molar-refractivity contribution < 1.29 is 8.85 Å². The third-order valence-electron chi connectivity index (χ3n) is 7.69. The third-order valence-corrected chi connectivity index (χ3v) is 10.7. The zero-order valence-corrected chi connectivity index (χ0v) is 25.8. The highest BCUT2D eigenvalue weighted by atomic mass is 28.2. The van der Waals surface area contributed by atoms with Gasteiger partial charge in [-0.2, -0.15) is 0 Å². The SMILES string of the molecule is CCC(O[SiH2]CCCC[SiH2]OC(CC)(c1ccccc1)c1ccccc1)(c1ccccc1)c1ccccc1. The second-order valence-electron chi connectivity index (χ2n) is 9.94. The lowest BCUT2D eigenvalue weighted by molar-refractivity contribution is 0.111. The van der Waals surface area contributed by atoms with Gasteiger partial charge in [0.05, 0.1) is 0 Å². The minimum Gasteiger partial charge on any atom is -0.410 e. The van der Waals surface area contributed by atoms with Gasteiger partial charge in [0, 0.05) is 0 Å². The van der Waals surface area contributed by atoms with Gasteiger partial charge in [-0.25, -0.2) is 0 Å². The van der Waals surface area contributed by atoms with Crippen molar-refractivity contribution in [1.29, 1.82) is 0 Å². The number of hydrogen-bond acceptors (Lipinski definition) is 2. The van der Waals surface area contributed by atoms with Crippen LogP contribution >= 0.6 is 0 Å². The molecule has 0 fully saturated rings. The molecule has 38 heavy (non-hydrogen) atoms. The lowest BCUT2D eigenvalue weighted by atomic mass is 9.84. The summed E-state index contributed by atoms with van der Waals surface area (Å²) < 4.78 is 13.7. The lowest BCUT2D eigenvalue weighted by Crippen LogP contribution is -2.32. The van der Waals surface area contributed by atoms with Crippen molar-refractivity contribution in [1.82, 2.24) is 0 Å². The van der Waals surface area contributed by atoms with Gasteiger partial charge in [-0.1, -0.05) is 148 Å². The Bertz CT molecular complexity index is 1010. The van der Waals surface area contributed by atoms with Crippen LogP contribution < -0.4 is 0 Å². The van der Waals surface area contributed by atoms with Gasteiger partial charge in [0.15, 0.2) is 19.5 Å². The van der Waals surface area contributed by atoms with Crippen LogP contribution in [0.3, 0.4) is 0 Å². The monoisotopic (exact) mass is 538 g/mol.